The van der Waals surface area contributed by atoms with Gasteiger partial charge < -0.3 is 15.0 Å². The van der Waals surface area contributed by atoms with Crippen LogP contribution in [0.25, 0.3) is 0 Å². The fourth-order valence-electron chi connectivity index (χ4n) is 4.49. The van der Waals surface area contributed by atoms with Gasteiger partial charge in [-0.1, -0.05) is 44.7 Å². The summed E-state index contributed by atoms with van der Waals surface area (Å²) < 4.78 is 5.61. The molecule has 2 atom stereocenters. The number of nitrogens with one attached hydrogen (secondary N) is 1. The molecule has 2 unspecified atom stereocenters. The van der Waals surface area contributed by atoms with E-state index in [0.29, 0.717) is 35.7 Å². The van der Waals surface area contributed by atoms with Gasteiger partial charge in [0, 0.05) is 37.7 Å². The van der Waals surface area contributed by atoms with Crippen molar-refractivity contribution in [1.29, 1.82) is 0 Å². The highest BCUT2D eigenvalue weighted by Crippen LogP contribution is 2.31. The summed E-state index contributed by atoms with van der Waals surface area (Å²) in [6.45, 7) is 7.78. The van der Waals surface area contributed by atoms with Crippen LogP contribution in [0.5, 0.6) is 5.75 Å². The molecule has 0 spiro atoms. The molecule has 1 aliphatic carbocycles. The van der Waals surface area contributed by atoms with E-state index in [0.717, 1.165) is 38.9 Å². The molecule has 1 aliphatic heterocycles. The highest BCUT2D eigenvalue weighted by molar-refractivity contribution is 6.30. The number of carbonyl (C=O) groups excluding carboxylic acids is 2. The van der Waals surface area contributed by atoms with Crippen molar-refractivity contribution in [1.82, 2.24) is 15.1 Å². The van der Waals surface area contributed by atoms with E-state index in [4.69, 9.17) is 16.3 Å². The van der Waals surface area contributed by atoms with Gasteiger partial charge in [-0.05, 0) is 48.9 Å². The summed E-state index contributed by atoms with van der Waals surface area (Å²) in [4.78, 5) is 29.8. The minimum atomic E-state index is -0.0749. The van der Waals surface area contributed by atoms with E-state index >= 15 is 0 Å². The number of halogens is 1. The summed E-state index contributed by atoms with van der Waals surface area (Å²) in [6, 6.07) is 6.94. The predicted molar refractivity (Wildman–Crippen MR) is 123 cm³/mol. The second-order valence-electron chi connectivity index (χ2n) is 8.91. The Bertz CT molecular complexity index is 713. The largest absolute Gasteiger partial charge is 0.484 e. The van der Waals surface area contributed by atoms with Gasteiger partial charge in [0.1, 0.15) is 5.75 Å². The molecular weight excluding hydrogens is 414 g/mol. The summed E-state index contributed by atoms with van der Waals surface area (Å²) in [5.74, 6) is 1.69. The van der Waals surface area contributed by atoms with Crippen molar-refractivity contribution < 1.29 is 14.3 Å². The third kappa shape index (κ3) is 6.84. The highest BCUT2D eigenvalue weighted by Gasteiger charge is 2.37. The van der Waals surface area contributed by atoms with E-state index in [1.54, 1.807) is 24.3 Å². The average molecular weight is 450 g/mol. The van der Waals surface area contributed by atoms with Crippen molar-refractivity contribution in [3.63, 3.8) is 0 Å². The molecule has 1 N–H and O–H groups in total. The number of amides is 2. The first-order chi connectivity index (χ1) is 15.0. The number of carbonyl (C=O) groups is 2. The Labute approximate surface area is 191 Å². The molecule has 1 saturated heterocycles. The number of hydrogen-bond acceptors (Lipinski definition) is 4. The van der Waals surface area contributed by atoms with Gasteiger partial charge in [-0.2, -0.15) is 0 Å². The number of benzene rings is 1. The quantitative estimate of drug-likeness (QED) is 0.625. The predicted octanol–water partition coefficient (Wildman–Crippen LogP) is 3.58. The zero-order chi connectivity index (χ0) is 22.2. The lowest BCUT2D eigenvalue weighted by molar-refractivity contribution is -0.137. The molecule has 31 heavy (non-hydrogen) atoms. The summed E-state index contributed by atoms with van der Waals surface area (Å²) in [6.07, 6.45) is 5.72. The average Bonchev–Trinajstić information content (AvgIpc) is 3.31. The first-order valence-corrected chi connectivity index (χ1v) is 12.0. The maximum atomic E-state index is 13.1. The summed E-state index contributed by atoms with van der Waals surface area (Å²) in [5, 5.41) is 3.83. The third-order valence-electron chi connectivity index (χ3n) is 6.67. The standard InChI is InChI=1S/C24H36ClN3O3/c1-3-18(2)16-26-24(30)23(19-6-4-5-7-19)28-14-12-27(13-15-28)22(29)17-31-21-10-8-20(25)9-11-21/h8-11,18-19,23H,3-7,12-17H2,1-2H3,(H,26,30). The second-order valence-corrected chi connectivity index (χ2v) is 9.34. The van der Waals surface area contributed by atoms with E-state index in [1.165, 1.54) is 12.8 Å². The van der Waals surface area contributed by atoms with E-state index < -0.39 is 0 Å². The van der Waals surface area contributed by atoms with Crippen LogP contribution in [0, 0.1) is 11.8 Å². The van der Waals surface area contributed by atoms with Crippen LogP contribution in [0.15, 0.2) is 24.3 Å². The van der Waals surface area contributed by atoms with Crippen molar-refractivity contribution in [3.8, 4) is 5.75 Å². The topological polar surface area (TPSA) is 61.9 Å². The highest BCUT2D eigenvalue weighted by atomic mass is 35.5. The lowest BCUT2D eigenvalue weighted by Crippen LogP contribution is -2.58. The van der Waals surface area contributed by atoms with Gasteiger partial charge in [0.25, 0.3) is 5.91 Å². The lowest BCUT2D eigenvalue weighted by atomic mass is 9.94. The van der Waals surface area contributed by atoms with Gasteiger partial charge >= 0.3 is 0 Å². The SMILES string of the molecule is CCC(C)CNC(=O)C(C1CCCC1)N1CCN(C(=O)COc2ccc(Cl)cc2)CC1. The van der Waals surface area contributed by atoms with Crippen LogP contribution >= 0.6 is 11.6 Å². The van der Waals surface area contributed by atoms with Crippen LogP contribution in [0.4, 0.5) is 0 Å². The molecule has 3 rings (SSSR count). The molecule has 2 aliphatic rings. The first kappa shape index (κ1) is 23.9. The van der Waals surface area contributed by atoms with Gasteiger partial charge in [0.2, 0.25) is 5.91 Å². The number of hydrogen-bond donors (Lipinski definition) is 1. The van der Waals surface area contributed by atoms with Crippen LogP contribution in [-0.2, 0) is 9.59 Å². The van der Waals surface area contributed by atoms with Crippen LogP contribution in [-0.4, -0.2) is 67.0 Å². The van der Waals surface area contributed by atoms with Crippen molar-refractivity contribution >= 4 is 23.4 Å². The summed E-state index contributed by atoms with van der Waals surface area (Å²) in [7, 11) is 0. The van der Waals surface area contributed by atoms with Gasteiger partial charge in [-0.3, -0.25) is 14.5 Å². The third-order valence-corrected chi connectivity index (χ3v) is 6.92. The molecule has 2 amide bonds. The summed E-state index contributed by atoms with van der Waals surface area (Å²) >= 11 is 5.88. The van der Waals surface area contributed by atoms with Crippen LogP contribution < -0.4 is 10.1 Å². The van der Waals surface area contributed by atoms with E-state index in [-0.39, 0.29) is 24.5 Å². The fourth-order valence-corrected chi connectivity index (χ4v) is 4.62. The maximum Gasteiger partial charge on any atom is 0.260 e. The number of nitrogens with zero attached hydrogens (tertiary/aromatic N) is 2. The molecule has 1 aromatic carbocycles. The zero-order valence-corrected chi connectivity index (χ0v) is 19.6. The van der Waals surface area contributed by atoms with Crippen LogP contribution in [0.1, 0.15) is 46.0 Å². The van der Waals surface area contributed by atoms with Gasteiger partial charge in [0.05, 0.1) is 6.04 Å². The van der Waals surface area contributed by atoms with Crippen molar-refractivity contribution in [2.24, 2.45) is 11.8 Å². The minimum absolute atomic E-state index is 0.0169. The van der Waals surface area contributed by atoms with Gasteiger partial charge in [0.15, 0.2) is 6.61 Å². The van der Waals surface area contributed by atoms with Gasteiger partial charge in [-0.25, -0.2) is 0 Å². The minimum Gasteiger partial charge on any atom is -0.484 e. The Morgan fingerprint density at radius 3 is 2.39 bits per heavy atom. The van der Waals surface area contributed by atoms with Crippen LogP contribution in [0.2, 0.25) is 5.02 Å². The maximum absolute atomic E-state index is 13.1. The smallest absolute Gasteiger partial charge is 0.260 e. The molecule has 1 aromatic rings. The van der Waals surface area contributed by atoms with Crippen molar-refractivity contribution in [3.05, 3.63) is 29.3 Å². The molecule has 1 saturated carbocycles. The van der Waals surface area contributed by atoms with E-state index in [9.17, 15) is 9.59 Å². The fraction of sp³-hybridized carbons (Fsp3) is 0.667. The monoisotopic (exact) mass is 449 g/mol. The molecule has 2 fully saturated rings. The van der Waals surface area contributed by atoms with Crippen molar-refractivity contribution in [2.75, 3.05) is 39.3 Å². The Morgan fingerprint density at radius 1 is 1.13 bits per heavy atom. The number of ether oxygens (including phenoxy) is 1. The first-order valence-electron chi connectivity index (χ1n) is 11.7. The normalized spacial score (nSPS) is 19.8. The van der Waals surface area contributed by atoms with Gasteiger partial charge in [-0.15, -0.1) is 0 Å². The molecule has 172 valence electrons. The Morgan fingerprint density at radius 2 is 1.77 bits per heavy atom. The molecule has 0 bridgehead atoms. The zero-order valence-electron chi connectivity index (χ0n) is 18.8. The lowest BCUT2D eigenvalue weighted by Gasteiger charge is -2.40. The Balaban J connectivity index is 1.51. The second kappa shape index (κ2) is 11.7. The number of rotatable bonds is 9. The van der Waals surface area contributed by atoms with E-state index in [1.807, 2.05) is 4.90 Å². The molecule has 7 heteroatoms. The van der Waals surface area contributed by atoms with Crippen molar-refractivity contribution in [2.45, 2.75) is 52.0 Å². The van der Waals surface area contributed by atoms with Crippen LogP contribution in [0.3, 0.4) is 0 Å². The molecule has 6 nitrogen and oxygen atoms in total. The molecular formula is C24H36ClN3O3. The Hall–Kier alpha value is -1.79. The molecule has 0 aromatic heterocycles. The van der Waals surface area contributed by atoms with E-state index in [2.05, 4.69) is 24.1 Å². The molecule has 0 radical (unpaired) electrons. The summed E-state index contributed by atoms with van der Waals surface area (Å²) in [5.41, 5.74) is 0. The molecule has 1 heterocycles. The Kier molecular flexibility index (Phi) is 9.02. The number of piperazine rings is 1.